The lowest BCUT2D eigenvalue weighted by atomic mass is 9.44. The van der Waals surface area contributed by atoms with Crippen LogP contribution in [0, 0.1) is 11.3 Å². The molecule has 4 aliphatic rings. The third kappa shape index (κ3) is 3.39. The van der Waals surface area contributed by atoms with Gasteiger partial charge in [-0.3, -0.25) is 14.3 Å². The number of amides is 2. The lowest BCUT2D eigenvalue weighted by Gasteiger charge is -2.60. The standard InChI is InChI=1S/C21H28N8O2/c1-12-15(26-20(31)21-6-13(7-21)8-21)4-3-5-29(12)16-10-23-17(18(22)30)19(27-16)25-14-9-24-28(2)11-14/h9-13,15H,3-8H2,1-2H3,(H2,22,30)(H,25,27)(H,26,31)/t12-,13?,15-,21?/m1/s1. The van der Waals surface area contributed by atoms with Gasteiger partial charge in [0.1, 0.15) is 5.82 Å². The van der Waals surface area contributed by atoms with Crippen LogP contribution in [0.15, 0.2) is 18.6 Å². The van der Waals surface area contributed by atoms with Crippen LogP contribution in [0.5, 0.6) is 0 Å². The number of rotatable bonds is 6. The molecule has 0 aromatic carbocycles. The summed E-state index contributed by atoms with van der Waals surface area (Å²) in [4.78, 5) is 35.8. The van der Waals surface area contributed by atoms with Crippen molar-refractivity contribution in [1.29, 1.82) is 0 Å². The first-order valence-electron chi connectivity index (χ1n) is 10.8. The van der Waals surface area contributed by atoms with Gasteiger partial charge in [0.15, 0.2) is 11.5 Å². The first kappa shape index (κ1) is 19.8. The summed E-state index contributed by atoms with van der Waals surface area (Å²) in [5.74, 6) is 1.28. The molecular weight excluding hydrogens is 396 g/mol. The van der Waals surface area contributed by atoms with Crippen molar-refractivity contribution < 1.29 is 9.59 Å². The van der Waals surface area contributed by atoms with E-state index in [1.165, 1.54) is 0 Å². The molecule has 3 saturated carbocycles. The number of carbonyl (C=O) groups excluding carboxylic acids is 2. The Balaban J connectivity index is 1.36. The lowest BCUT2D eigenvalue weighted by Crippen LogP contribution is -2.64. The number of aryl methyl sites for hydroxylation is 1. The van der Waals surface area contributed by atoms with Gasteiger partial charge in [0, 0.05) is 37.3 Å². The highest BCUT2D eigenvalue weighted by molar-refractivity contribution is 5.96. The minimum atomic E-state index is -0.652. The third-order valence-corrected chi connectivity index (χ3v) is 7.08. The van der Waals surface area contributed by atoms with E-state index in [9.17, 15) is 9.59 Å². The van der Waals surface area contributed by atoms with Crippen LogP contribution in [0.2, 0.25) is 0 Å². The van der Waals surface area contributed by atoms with E-state index in [2.05, 4.69) is 37.5 Å². The number of anilines is 3. The molecule has 4 N–H and O–H groups in total. The molecule has 4 fully saturated rings. The number of carbonyl (C=O) groups is 2. The van der Waals surface area contributed by atoms with Crippen molar-refractivity contribution >= 4 is 29.1 Å². The molecule has 0 spiro atoms. The summed E-state index contributed by atoms with van der Waals surface area (Å²) in [6.07, 6.45) is 10.0. The SMILES string of the molecule is C[C@@H]1[C@H](NC(=O)C23CC(C2)C3)CCCN1c1cnc(C(N)=O)c(Nc2cnn(C)c2)n1. The Labute approximate surface area is 180 Å². The maximum absolute atomic E-state index is 12.8. The van der Waals surface area contributed by atoms with Gasteiger partial charge in [-0.15, -0.1) is 0 Å². The predicted molar refractivity (Wildman–Crippen MR) is 115 cm³/mol. The van der Waals surface area contributed by atoms with Crippen molar-refractivity contribution in [1.82, 2.24) is 25.1 Å². The molecule has 3 aliphatic carbocycles. The highest BCUT2D eigenvalue weighted by Crippen LogP contribution is 2.64. The summed E-state index contributed by atoms with van der Waals surface area (Å²) in [7, 11) is 1.80. The normalized spacial score (nSPS) is 29.0. The number of hydrogen-bond donors (Lipinski definition) is 3. The highest BCUT2D eigenvalue weighted by Gasteiger charge is 2.61. The van der Waals surface area contributed by atoms with Crippen molar-refractivity contribution in [2.75, 3.05) is 16.8 Å². The van der Waals surface area contributed by atoms with Gasteiger partial charge in [-0.1, -0.05) is 0 Å². The van der Waals surface area contributed by atoms with Gasteiger partial charge in [-0.25, -0.2) is 9.97 Å². The van der Waals surface area contributed by atoms with Crippen LogP contribution in [-0.2, 0) is 11.8 Å². The first-order valence-corrected chi connectivity index (χ1v) is 10.8. The smallest absolute Gasteiger partial charge is 0.271 e. The van der Waals surface area contributed by atoms with Crippen LogP contribution in [0.1, 0.15) is 49.5 Å². The van der Waals surface area contributed by atoms with Crippen molar-refractivity contribution in [2.24, 2.45) is 24.1 Å². The van der Waals surface area contributed by atoms with E-state index in [0.29, 0.717) is 17.3 Å². The number of primary amides is 1. The van der Waals surface area contributed by atoms with Crippen molar-refractivity contribution in [3.05, 3.63) is 24.3 Å². The lowest BCUT2D eigenvalue weighted by molar-refractivity contribution is -0.166. The summed E-state index contributed by atoms with van der Waals surface area (Å²) in [6.45, 7) is 2.90. The number of hydrogen-bond acceptors (Lipinski definition) is 7. The molecule has 6 rings (SSSR count). The molecule has 10 nitrogen and oxygen atoms in total. The fourth-order valence-corrected chi connectivity index (χ4v) is 5.15. The predicted octanol–water partition coefficient (Wildman–Crippen LogP) is 1.33. The monoisotopic (exact) mass is 424 g/mol. The van der Waals surface area contributed by atoms with Gasteiger partial charge in [0.05, 0.1) is 18.1 Å². The molecule has 2 amide bonds. The second kappa shape index (κ2) is 7.21. The molecule has 0 radical (unpaired) electrons. The molecule has 2 aromatic rings. The molecule has 1 aliphatic heterocycles. The summed E-state index contributed by atoms with van der Waals surface area (Å²) in [5, 5.41) is 10.5. The van der Waals surface area contributed by atoms with Gasteiger partial charge in [0.25, 0.3) is 5.91 Å². The Kier molecular flexibility index (Phi) is 4.60. The molecule has 3 heterocycles. The van der Waals surface area contributed by atoms with E-state index in [0.717, 1.165) is 44.6 Å². The van der Waals surface area contributed by atoms with E-state index < -0.39 is 5.91 Å². The van der Waals surface area contributed by atoms with Gasteiger partial charge in [0.2, 0.25) is 5.91 Å². The summed E-state index contributed by atoms with van der Waals surface area (Å²) < 4.78 is 1.65. The van der Waals surface area contributed by atoms with Crippen molar-refractivity contribution in [2.45, 2.75) is 51.1 Å². The molecule has 2 atom stereocenters. The average Bonchev–Trinajstić information content (AvgIpc) is 3.05. The van der Waals surface area contributed by atoms with Gasteiger partial charge >= 0.3 is 0 Å². The Morgan fingerprint density at radius 2 is 2.03 bits per heavy atom. The number of piperidine rings is 1. The largest absolute Gasteiger partial charge is 0.364 e. The summed E-state index contributed by atoms with van der Waals surface area (Å²) in [6, 6.07) is 0.118. The second-order valence-electron chi connectivity index (χ2n) is 9.23. The van der Waals surface area contributed by atoms with E-state index in [4.69, 9.17) is 5.73 Å². The Hall–Kier alpha value is -3.17. The van der Waals surface area contributed by atoms with E-state index >= 15 is 0 Å². The minimum Gasteiger partial charge on any atom is -0.364 e. The van der Waals surface area contributed by atoms with Gasteiger partial charge in [-0.2, -0.15) is 5.10 Å². The van der Waals surface area contributed by atoms with Crippen LogP contribution in [0.4, 0.5) is 17.3 Å². The maximum atomic E-state index is 12.8. The molecule has 2 bridgehead atoms. The summed E-state index contributed by atoms with van der Waals surface area (Å²) >= 11 is 0. The molecule has 1 saturated heterocycles. The molecule has 0 unspecified atom stereocenters. The number of nitrogens with two attached hydrogens (primary N) is 1. The zero-order chi connectivity index (χ0) is 21.8. The topological polar surface area (TPSA) is 131 Å². The maximum Gasteiger partial charge on any atom is 0.271 e. The van der Waals surface area contributed by atoms with Gasteiger partial charge < -0.3 is 21.3 Å². The Bertz CT molecular complexity index is 1020. The quantitative estimate of drug-likeness (QED) is 0.637. The second-order valence-corrected chi connectivity index (χ2v) is 9.23. The summed E-state index contributed by atoms with van der Waals surface area (Å²) in [5.41, 5.74) is 6.18. The van der Waals surface area contributed by atoms with Crippen LogP contribution < -0.4 is 21.3 Å². The molecule has 10 heteroatoms. The Morgan fingerprint density at radius 3 is 2.65 bits per heavy atom. The van der Waals surface area contributed by atoms with E-state index in [-0.39, 0.29) is 29.1 Å². The van der Waals surface area contributed by atoms with Crippen LogP contribution >= 0.6 is 0 Å². The number of nitrogens with zero attached hydrogens (tertiary/aromatic N) is 5. The minimum absolute atomic E-state index is 0.0580. The number of nitrogens with one attached hydrogen (secondary N) is 2. The average molecular weight is 425 g/mol. The highest BCUT2D eigenvalue weighted by atomic mass is 16.2. The molecular formula is C21H28N8O2. The fourth-order valence-electron chi connectivity index (χ4n) is 5.15. The van der Waals surface area contributed by atoms with Crippen molar-refractivity contribution in [3.63, 3.8) is 0 Å². The van der Waals surface area contributed by atoms with Gasteiger partial charge in [-0.05, 0) is 44.9 Å². The Morgan fingerprint density at radius 1 is 1.26 bits per heavy atom. The van der Waals surface area contributed by atoms with Crippen LogP contribution in [0.25, 0.3) is 0 Å². The zero-order valence-corrected chi connectivity index (χ0v) is 17.8. The zero-order valence-electron chi connectivity index (χ0n) is 17.8. The first-order chi connectivity index (χ1) is 14.8. The molecule has 2 aromatic heterocycles. The fraction of sp³-hybridized carbons (Fsp3) is 0.571. The van der Waals surface area contributed by atoms with E-state index in [1.807, 2.05) is 0 Å². The van der Waals surface area contributed by atoms with Crippen LogP contribution in [0.3, 0.4) is 0 Å². The third-order valence-electron chi connectivity index (χ3n) is 7.08. The van der Waals surface area contributed by atoms with Crippen molar-refractivity contribution in [3.8, 4) is 0 Å². The van der Waals surface area contributed by atoms with Crippen LogP contribution in [-0.4, -0.2) is 50.2 Å². The van der Waals surface area contributed by atoms with E-state index in [1.54, 1.807) is 30.3 Å². The molecule has 164 valence electrons. The number of aromatic nitrogens is 4. The molecule has 31 heavy (non-hydrogen) atoms.